The number of rotatable bonds is 2. The lowest BCUT2D eigenvalue weighted by molar-refractivity contribution is 1.29. The Balaban J connectivity index is 4.29. The van der Waals surface area contributed by atoms with Crippen LogP contribution >= 0.6 is 0 Å². The van der Waals surface area contributed by atoms with E-state index in [0.717, 1.165) is 0 Å². The standard InChI is InChI=1S/C7H8N2O/c1-4-8-6(2)5-7(3)9-10/h1,5H,2-3H3/b7-5+,8-6-. The van der Waals surface area contributed by atoms with Gasteiger partial charge in [-0.25, -0.2) is 4.99 Å². The van der Waals surface area contributed by atoms with Gasteiger partial charge in [0.05, 0.1) is 5.70 Å². The molecule has 0 amide bonds. The van der Waals surface area contributed by atoms with Crippen molar-refractivity contribution in [1.82, 2.24) is 0 Å². The van der Waals surface area contributed by atoms with Crippen molar-refractivity contribution in [3.05, 3.63) is 16.7 Å². The molecule has 0 heterocycles. The number of allylic oxidation sites excluding steroid dienone is 2. The van der Waals surface area contributed by atoms with Crippen LogP contribution in [0.25, 0.3) is 0 Å². The SMILES string of the molecule is C#C/N=C(C)\C=C(/C)N=O. The summed E-state index contributed by atoms with van der Waals surface area (Å²) in [5.74, 6) is 0. The van der Waals surface area contributed by atoms with Gasteiger partial charge < -0.3 is 0 Å². The van der Waals surface area contributed by atoms with Gasteiger partial charge in [-0.1, -0.05) is 6.42 Å². The van der Waals surface area contributed by atoms with E-state index in [4.69, 9.17) is 6.42 Å². The predicted molar refractivity (Wildman–Crippen MR) is 41.5 cm³/mol. The van der Waals surface area contributed by atoms with Crippen LogP contribution in [0.1, 0.15) is 13.8 Å². The summed E-state index contributed by atoms with van der Waals surface area (Å²) in [4.78, 5) is 13.4. The molecule has 0 aliphatic carbocycles. The smallest absolute Gasteiger partial charge is 0.0836 e. The molecule has 0 fully saturated rings. The van der Waals surface area contributed by atoms with E-state index >= 15 is 0 Å². The lowest BCUT2D eigenvalue weighted by Crippen LogP contribution is -1.83. The van der Waals surface area contributed by atoms with Gasteiger partial charge in [0.1, 0.15) is 0 Å². The van der Waals surface area contributed by atoms with Crippen molar-refractivity contribution in [2.75, 3.05) is 0 Å². The Bertz CT molecular complexity index is 220. The van der Waals surface area contributed by atoms with Gasteiger partial charge in [0.2, 0.25) is 0 Å². The molecular formula is C7H8N2O. The van der Waals surface area contributed by atoms with Crippen LogP contribution in [0.2, 0.25) is 0 Å². The Morgan fingerprint density at radius 1 is 1.60 bits per heavy atom. The van der Waals surface area contributed by atoms with Crippen molar-refractivity contribution in [1.29, 1.82) is 0 Å². The lowest BCUT2D eigenvalue weighted by atomic mass is 10.3. The first-order chi connectivity index (χ1) is 4.70. The first kappa shape index (κ1) is 8.57. The van der Waals surface area contributed by atoms with Crippen LogP contribution < -0.4 is 0 Å². The first-order valence-corrected chi connectivity index (χ1v) is 2.72. The highest BCUT2D eigenvalue weighted by molar-refractivity contribution is 5.93. The van der Waals surface area contributed by atoms with Crippen molar-refractivity contribution in [2.24, 2.45) is 10.2 Å². The molecule has 52 valence electrons. The third-order valence-electron chi connectivity index (χ3n) is 0.803. The van der Waals surface area contributed by atoms with Gasteiger partial charge in [-0.3, -0.25) is 0 Å². The molecule has 0 aliphatic rings. The third-order valence-corrected chi connectivity index (χ3v) is 0.803. The highest BCUT2D eigenvalue weighted by Gasteiger charge is 1.86. The van der Waals surface area contributed by atoms with Crippen LogP contribution in [-0.2, 0) is 0 Å². The van der Waals surface area contributed by atoms with E-state index in [1.165, 1.54) is 6.08 Å². The largest absolute Gasteiger partial charge is 0.203 e. The Labute approximate surface area is 59.8 Å². The van der Waals surface area contributed by atoms with E-state index in [2.05, 4.69) is 16.2 Å². The second-order valence-electron chi connectivity index (χ2n) is 1.76. The summed E-state index contributed by atoms with van der Waals surface area (Å²) in [6.45, 7) is 3.29. The minimum absolute atomic E-state index is 0.372. The molecule has 0 rings (SSSR count). The Morgan fingerprint density at radius 3 is 2.60 bits per heavy atom. The quantitative estimate of drug-likeness (QED) is 0.323. The monoisotopic (exact) mass is 136 g/mol. The summed E-state index contributed by atoms with van der Waals surface area (Å²) in [6, 6.07) is 2.10. The maximum absolute atomic E-state index is 9.82. The van der Waals surface area contributed by atoms with E-state index in [1.54, 1.807) is 13.8 Å². The van der Waals surface area contributed by atoms with E-state index < -0.39 is 0 Å². The van der Waals surface area contributed by atoms with Crippen LogP contribution in [0.3, 0.4) is 0 Å². The molecule has 0 saturated carbocycles. The normalized spacial score (nSPS) is 12.5. The van der Waals surface area contributed by atoms with Gasteiger partial charge in [-0.2, -0.15) is 0 Å². The van der Waals surface area contributed by atoms with Crippen LogP contribution in [0, 0.1) is 17.4 Å². The highest BCUT2D eigenvalue weighted by Crippen LogP contribution is 1.93. The average Bonchev–Trinajstić information content (AvgIpc) is 1.88. The summed E-state index contributed by atoms with van der Waals surface area (Å²) in [6.07, 6.45) is 6.39. The molecule has 0 N–H and O–H groups in total. The fourth-order valence-electron chi connectivity index (χ4n) is 0.463. The lowest BCUT2D eigenvalue weighted by Gasteiger charge is -1.85. The van der Waals surface area contributed by atoms with Gasteiger partial charge >= 0.3 is 0 Å². The van der Waals surface area contributed by atoms with Crippen LogP contribution in [0.4, 0.5) is 0 Å². The van der Waals surface area contributed by atoms with E-state index in [-0.39, 0.29) is 0 Å². The summed E-state index contributed by atoms with van der Waals surface area (Å²) in [5, 5.41) is 2.67. The Hall–Kier alpha value is -1.43. The summed E-state index contributed by atoms with van der Waals surface area (Å²) < 4.78 is 0. The van der Waals surface area contributed by atoms with E-state index in [1.807, 2.05) is 0 Å². The summed E-state index contributed by atoms with van der Waals surface area (Å²) >= 11 is 0. The Kier molecular flexibility index (Phi) is 3.81. The van der Waals surface area contributed by atoms with Crippen LogP contribution in [0.5, 0.6) is 0 Å². The van der Waals surface area contributed by atoms with Crippen molar-refractivity contribution < 1.29 is 0 Å². The number of hydrogen-bond donors (Lipinski definition) is 0. The van der Waals surface area contributed by atoms with Crippen LogP contribution in [-0.4, -0.2) is 5.71 Å². The van der Waals surface area contributed by atoms with Crippen molar-refractivity contribution in [3.8, 4) is 12.5 Å². The van der Waals surface area contributed by atoms with Gasteiger partial charge in [-0.05, 0) is 25.1 Å². The molecule has 0 radical (unpaired) electrons. The van der Waals surface area contributed by atoms with Gasteiger partial charge in [0.25, 0.3) is 0 Å². The van der Waals surface area contributed by atoms with Crippen molar-refractivity contribution in [2.45, 2.75) is 13.8 Å². The molecular weight excluding hydrogens is 128 g/mol. The molecule has 3 heteroatoms. The van der Waals surface area contributed by atoms with Gasteiger partial charge in [0, 0.05) is 11.8 Å². The zero-order chi connectivity index (χ0) is 7.98. The molecule has 10 heavy (non-hydrogen) atoms. The topological polar surface area (TPSA) is 41.8 Å². The molecule has 0 saturated heterocycles. The van der Waals surface area contributed by atoms with Gasteiger partial charge in [-0.15, -0.1) is 4.91 Å². The Morgan fingerprint density at radius 2 is 2.20 bits per heavy atom. The molecule has 0 atom stereocenters. The minimum atomic E-state index is 0.372. The molecule has 0 unspecified atom stereocenters. The first-order valence-electron chi connectivity index (χ1n) is 2.72. The third kappa shape index (κ3) is 3.56. The molecule has 0 aromatic heterocycles. The summed E-state index contributed by atoms with van der Waals surface area (Å²) in [5.41, 5.74) is 0.983. The zero-order valence-corrected chi connectivity index (χ0v) is 5.96. The maximum atomic E-state index is 9.82. The zero-order valence-electron chi connectivity index (χ0n) is 5.96. The average molecular weight is 136 g/mol. The fourth-order valence-corrected chi connectivity index (χ4v) is 0.463. The molecule has 3 nitrogen and oxygen atoms in total. The summed E-state index contributed by atoms with van der Waals surface area (Å²) in [7, 11) is 0. The fraction of sp³-hybridized carbons (Fsp3) is 0.286. The van der Waals surface area contributed by atoms with Crippen molar-refractivity contribution in [3.63, 3.8) is 0 Å². The second kappa shape index (κ2) is 4.45. The van der Waals surface area contributed by atoms with Gasteiger partial charge in [0.15, 0.2) is 0 Å². The minimum Gasteiger partial charge on any atom is -0.203 e. The van der Waals surface area contributed by atoms with Crippen molar-refractivity contribution >= 4 is 5.71 Å². The molecule has 0 spiro atoms. The number of terminal acetylenes is 1. The van der Waals surface area contributed by atoms with Crippen LogP contribution in [0.15, 0.2) is 21.9 Å². The second-order valence-corrected chi connectivity index (χ2v) is 1.76. The molecule has 0 aliphatic heterocycles. The predicted octanol–water partition coefficient (Wildman–Crippen LogP) is 1.71. The van der Waals surface area contributed by atoms with E-state index in [0.29, 0.717) is 11.4 Å². The number of nitroso groups, excluding NO2 is 1. The maximum Gasteiger partial charge on any atom is 0.0836 e. The highest BCUT2D eigenvalue weighted by atomic mass is 16.3. The van der Waals surface area contributed by atoms with E-state index in [9.17, 15) is 4.91 Å². The molecule has 0 aromatic rings. The number of hydrogen-bond acceptors (Lipinski definition) is 3. The molecule has 0 bridgehead atoms. The number of aliphatic imine (C=N–C) groups is 1. The molecule has 0 aromatic carbocycles. The number of nitrogens with zero attached hydrogens (tertiary/aromatic N) is 2.